The highest BCUT2D eigenvalue weighted by molar-refractivity contribution is 5.95. The lowest BCUT2D eigenvalue weighted by atomic mass is 10.1. The number of phenols is 1. The molecule has 1 fully saturated rings. The molecule has 2 aromatic rings. The van der Waals surface area contributed by atoms with Gasteiger partial charge in [0.1, 0.15) is 11.4 Å². The number of nitro benzene ring substituents is 1. The number of aryl methyl sites for hydroxylation is 1. The molecule has 0 unspecified atom stereocenters. The molecule has 8 nitrogen and oxygen atoms in total. The van der Waals surface area contributed by atoms with Gasteiger partial charge in [0.25, 0.3) is 5.69 Å². The number of benzene rings is 2. The highest BCUT2D eigenvalue weighted by atomic mass is 16.6. The van der Waals surface area contributed by atoms with Crippen molar-refractivity contribution in [1.82, 2.24) is 4.90 Å². The van der Waals surface area contributed by atoms with Crippen LogP contribution in [0.5, 0.6) is 5.75 Å². The van der Waals surface area contributed by atoms with Crippen LogP contribution in [0.25, 0.3) is 0 Å². The number of nitrogens with one attached hydrogen (secondary N) is 1. The molecule has 27 heavy (non-hydrogen) atoms. The van der Waals surface area contributed by atoms with Crippen LogP contribution in [0, 0.1) is 17.0 Å². The summed E-state index contributed by atoms with van der Waals surface area (Å²) in [6, 6.07) is 11.9. The second-order valence-corrected chi connectivity index (χ2v) is 6.53. The Balaban J connectivity index is 1.58. The van der Waals surface area contributed by atoms with E-state index in [0.29, 0.717) is 31.7 Å². The zero-order valence-electron chi connectivity index (χ0n) is 15.1. The van der Waals surface area contributed by atoms with E-state index in [1.54, 1.807) is 31.2 Å². The summed E-state index contributed by atoms with van der Waals surface area (Å²) in [5.74, 6) is -0.0287. The molecule has 1 aliphatic rings. The Hall–Kier alpha value is -3.13. The SMILES string of the molecule is Cc1cccc([N+](=O)[O-])c1NC(=O)CN1CCN(c2ccccc2O)CC1. The van der Waals surface area contributed by atoms with Crippen molar-refractivity contribution in [2.45, 2.75) is 6.92 Å². The van der Waals surface area contributed by atoms with Gasteiger partial charge in [-0.15, -0.1) is 0 Å². The van der Waals surface area contributed by atoms with E-state index in [4.69, 9.17) is 0 Å². The van der Waals surface area contributed by atoms with E-state index in [1.807, 2.05) is 17.0 Å². The van der Waals surface area contributed by atoms with Crippen molar-refractivity contribution in [3.63, 3.8) is 0 Å². The maximum absolute atomic E-state index is 12.4. The van der Waals surface area contributed by atoms with Gasteiger partial charge in [-0.1, -0.05) is 24.3 Å². The second kappa shape index (κ2) is 8.05. The van der Waals surface area contributed by atoms with E-state index in [1.165, 1.54) is 6.07 Å². The first-order chi connectivity index (χ1) is 13.0. The van der Waals surface area contributed by atoms with Gasteiger partial charge in [0.05, 0.1) is 17.2 Å². The maximum Gasteiger partial charge on any atom is 0.293 e. The number of anilines is 2. The van der Waals surface area contributed by atoms with E-state index < -0.39 is 4.92 Å². The van der Waals surface area contributed by atoms with E-state index in [9.17, 15) is 20.0 Å². The van der Waals surface area contributed by atoms with Gasteiger partial charge in [0, 0.05) is 32.2 Å². The Labute approximate surface area is 157 Å². The Bertz CT molecular complexity index is 847. The average Bonchev–Trinajstić information content (AvgIpc) is 2.64. The van der Waals surface area contributed by atoms with Crippen molar-refractivity contribution in [2.24, 2.45) is 0 Å². The molecule has 1 heterocycles. The van der Waals surface area contributed by atoms with Crippen LogP contribution in [0.2, 0.25) is 0 Å². The fourth-order valence-electron chi connectivity index (χ4n) is 3.23. The lowest BCUT2D eigenvalue weighted by Crippen LogP contribution is -2.48. The standard InChI is InChI=1S/C19H22N4O4/c1-14-5-4-7-16(23(26)27)19(14)20-18(25)13-21-9-11-22(12-10-21)15-6-2-3-8-17(15)24/h2-8,24H,9-13H2,1H3,(H,20,25). The van der Waals surface area contributed by atoms with Gasteiger partial charge in [-0.05, 0) is 24.6 Å². The molecule has 142 valence electrons. The Morgan fingerprint density at radius 2 is 1.85 bits per heavy atom. The van der Waals surface area contributed by atoms with Gasteiger partial charge in [-0.2, -0.15) is 0 Å². The first-order valence-corrected chi connectivity index (χ1v) is 8.75. The first kappa shape index (κ1) is 18.7. The van der Waals surface area contributed by atoms with Gasteiger partial charge >= 0.3 is 0 Å². The molecular formula is C19H22N4O4. The predicted octanol–water partition coefficient (Wildman–Crippen LogP) is 2.37. The molecule has 2 N–H and O–H groups in total. The number of nitro groups is 1. The third-order valence-corrected chi connectivity index (χ3v) is 4.67. The molecule has 1 saturated heterocycles. The van der Waals surface area contributed by atoms with Gasteiger partial charge < -0.3 is 15.3 Å². The molecule has 0 aromatic heterocycles. The second-order valence-electron chi connectivity index (χ2n) is 6.53. The summed E-state index contributed by atoms with van der Waals surface area (Å²) >= 11 is 0. The fourth-order valence-corrected chi connectivity index (χ4v) is 3.23. The summed E-state index contributed by atoms with van der Waals surface area (Å²) in [4.78, 5) is 27.1. The van der Waals surface area contributed by atoms with Crippen LogP contribution in [0.15, 0.2) is 42.5 Å². The molecule has 1 amide bonds. The number of carbonyl (C=O) groups excluding carboxylic acids is 1. The number of carbonyl (C=O) groups is 1. The molecule has 2 aromatic carbocycles. The Morgan fingerprint density at radius 3 is 2.52 bits per heavy atom. The van der Waals surface area contributed by atoms with Crippen LogP contribution in [0.4, 0.5) is 17.1 Å². The number of rotatable bonds is 5. The fraction of sp³-hybridized carbons (Fsp3) is 0.316. The summed E-state index contributed by atoms with van der Waals surface area (Å²) in [7, 11) is 0. The zero-order chi connectivity index (χ0) is 19.4. The number of nitrogens with zero attached hydrogens (tertiary/aromatic N) is 3. The smallest absolute Gasteiger partial charge is 0.293 e. The van der Waals surface area contributed by atoms with Crippen LogP contribution in [-0.2, 0) is 4.79 Å². The van der Waals surface area contributed by atoms with Gasteiger partial charge in [-0.25, -0.2) is 0 Å². The van der Waals surface area contributed by atoms with Crippen molar-refractivity contribution >= 4 is 23.0 Å². The lowest BCUT2D eigenvalue weighted by Gasteiger charge is -2.35. The predicted molar refractivity (Wildman–Crippen MR) is 103 cm³/mol. The van der Waals surface area contributed by atoms with Gasteiger partial charge in [-0.3, -0.25) is 19.8 Å². The molecule has 0 atom stereocenters. The third-order valence-electron chi connectivity index (χ3n) is 4.67. The third kappa shape index (κ3) is 4.35. The number of para-hydroxylation sites is 3. The molecule has 0 saturated carbocycles. The molecule has 0 aliphatic carbocycles. The summed E-state index contributed by atoms with van der Waals surface area (Å²) in [6.07, 6.45) is 0. The van der Waals surface area contributed by atoms with Crippen molar-refractivity contribution < 1.29 is 14.8 Å². The largest absolute Gasteiger partial charge is 0.506 e. The zero-order valence-corrected chi connectivity index (χ0v) is 15.1. The minimum absolute atomic E-state index is 0.104. The number of hydrogen-bond acceptors (Lipinski definition) is 6. The summed E-state index contributed by atoms with van der Waals surface area (Å²) in [5, 5.41) is 23.8. The highest BCUT2D eigenvalue weighted by Crippen LogP contribution is 2.28. The van der Waals surface area contributed by atoms with E-state index in [2.05, 4.69) is 10.2 Å². The van der Waals surface area contributed by atoms with Crippen molar-refractivity contribution in [3.05, 3.63) is 58.1 Å². The number of aromatic hydroxyl groups is 1. The summed E-state index contributed by atoms with van der Waals surface area (Å²) in [5.41, 5.74) is 1.59. The van der Waals surface area contributed by atoms with Crippen LogP contribution in [-0.4, -0.2) is 53.6 Å². The van der Waals surface area contributed by atoms with E-state index in [-0.39, 0.29) is 29.6 Å². The van der Waals surface area contributed by atoms with Gasteiger partial charge in [0.2, 0.25) is 5.91 Å². The molecular weight excluding hydrogens is 348 g/mol. The average molecular weight is 370 g/mol. The van der Waals surface area contributed by atoms with Crippen molar-refractivity contribution in [1.29, 1.82) is 0 Å². The van der Waals surface area contributed by atoms with E-state index >= 15 is 0 Å². The van der Waals surface area contributed by atoms with Crippen LogP contribution in [0.3, 0.4) is 0 Å². The Kier molecular flexibility index (Phi) is 5.56. The number of amides is 1. The lowest BCUT2D eigenvalue weighted by molar-refractivity contribution is -0.384. The van der Waals surface area contributed by atoms with Crippen LogP contribution in [0.1, 0.15) is 5.56 Å². The minimum Gasteiger partial charge on any atom is -0.506 e. The van der Waals surface area contributed by atoms with Gasteiger partial charge in [0.15, 0.2) is 0 Å². The van der Waals surface area contributed by atoms with E-state index in [0.717, 1.165) is 5.69 Å². The van der Waals surface area contributed by atoms with Crippen LogP contribution >= 0.6 is 0 Å². The minimum atomic E-state index is -0.492. The topological polar surface area (TPSA) is 99.0 Å². The summed E-state index contributed by atoms with van der Waals surface area (Å²) < 4.78 is 0. The maximum atomic E-state index is 12.4. The highest BCUT2D eigenvalue weighted by Gasteiger charge is 2.22. The first-order valence-electron chi connectivity index (χ1n) is 8.75. The molecule has 0 bridgehead atoms. The number of hydrogen-bond donors (Lipinski definition) is 2. The number of piperazine rings is 1. The Morgan fingerprint density at radius 1 is 1.15 bits per heavy atom. The van der Waals surface area contributed by atoms with Crippen molar-refractivity contribution in [2.75, 3.05) is 42.9 Å². The normalized spacial score (nSPS) is 14.8. The quantitative estimate of drug-likeness (QED) is 0.619. The molecule has 8 heteroatoms. The summed E-state index contributed by atoms with van der Waals surface area (Å²) in [6.45, 7) is 4.60. The number of phenolic OH excluding ortho intramolecular Hbond substituents is 1. The monoisotopic (exact) mass is 370 g/mol. The molecule has 0 spiro atoms. The van der Waals surface area contributed by atoms with Crippen molar-refractivity contribution in [3.8, 4) is 5.75 Å². The molecule has 1 aliphatic heterocycles. The molecule has 3 rings (SSSR count). The van der Waals surface area contributed by atoms with Crippen LogP contribution < -0.4 is 10.2 Å². The molecule has 0 radical (unpaired) electrons.